The maximum Gasteiger partial charge on any atom is 0.242 e. The number of carbonyl (C=O) groups is 2. The number of amides is 2. The summed E-state index contributed by atoms with van der Waals surface area (Å²) < 4.78 is 17.1. The van der Waals surface area contributed by atoms with E-state index in [1.165, 1.54) is 13.0 Å². The van der Waals surface area contributed by atoms with Gasteiger partial charge in [0.15, 0.2) is 11.5 Å². The lowest BCUT2D eigenvalue weighted by molar-refractivity contribution is -0.121. The highest BCUT2D eigenvalue weighted by Crippen LogP contribution is 2.50. The molecule has 44 heavy (non-hydrogen) atoms. The maximum atomic E-state index is 13.6. The fourth-order valence-electron chi connectivity index (χ4n) is 5.94. The fraction of sp³-hybridized carbons (Fsp3) is 0.324. The zero-order chi connectivity index (χ0) is 31.4. The molecular weight excluding hydrogens is 560 g/mol. The summed E-state index contributed by atoms with van der Waals surface area (Å²) in [6.45, 7) is 3.62. The molecule has 4 aromatic rings. The van der Waals surface area contributed by atoms with E-state index in [0.29, 0.717) is 48.6 Å². The van der Waals surface area contributed by atoms with E-state index in [9.17, 15) is 14.4 Å². The monoisotopic (exact) mass is 598 g/mol. The van der Waals surface area contributed by atoms with Gasteiger partial charge in [0.05, 0.1) is 33.1 Å². The number of H-pyrrole nitrogens is 1. The van der Waals surface area contributed by atoms with E-state index in [2.05, 4.69) is 27.0 Å². The molecule has 0 unspecified atom stereocenters. The number of fused-ring (bicyclic) bond motifs is 4. The predicted molar refractivity (Wildman–Crippen MR) is 171 cm³/mol. The van der Waals surface area contributed by atoms with Gasteiger partial charge in [-0.05, 0) is 72.7 Å². The molecule has 3 aromatic carbocycles. The number of nitrogens with one attached hydrogen (secondary N) is 4. The number of carbonyl (C=O) groups excluding carboxylic acids is 2. The number of para-hydroxylation sites is 1. The summed E-state index contributed by atoms with van der Waals surface area (Å²) in [7, 11) is 4.66. The standard InChI is InChI=1S/C34H38N4O6/c1-19(34(41)35-15-14-22-18-36-26-9-7-6-8-23(22)26)37-28-13-11-24-25(17-29(28)40)27(38-20(2)39)12-10-21-16-30(42-3)32(43-4)33(44-5)31(21)24/h6-9,11,13,16-19,27,36H,10,12,14-15H2,1-5H3,(H,35,41)(H,37,40)(H,38,39)/t19-,27+/m0/s1. The summed E-state index contributed by atoms with van der Waals surface area (Å²) in [5, 5.41) is 10.2. The molecule has 1 aliphatic rings. The van der Waals surface area contributed by atoms with Crippen LogP contribution in [0.25, 0.3) is 22.0 Å². The minimum Gasteiger partial charge on any atom is -0.493 e. The summed E-state index contributed by atoms with van der Waals surface area (Å²) >= 11 is 0. The number of ether oxygens (including phenoxy) is 3. The SMILES string of the molecule is COc1cc2c(c(OC)c1OC)-c1ccc(N[C@@H](C)C(=O)NCCc3c[nH]c4ccccc34)c(=O)cc1[C@H](NC(C)=O)CC2. The first kappa shape index (κ1) is 30.5. The average molecular weight is 599 g/mol. The number of anilines is 1. The van der Waals surface area contributed by atoms with Crippen LogP contribution in [0.1, 0.15) is 43.0 Å². The van der Waals surface area contributed by atoms with Crippen molar-refractivity contribution < 1.29 is 23.8 Å². The molecule has 1 aliphatic carbocycles. The van der Waals surface area contributed by atoms with E-state index in [0.717, 1.165) is 33.2 Å². The average Bonchev–Trinajstić information content (AvgIpc) is 3.29. The second-order valence-electron chi connectivity index (χ2n) is 10.9. The summed E-state index contributed by atoms with van der Waals surface area (Å²) in [6, 6.07) is 13.9. The number of hydrogen-bond donors (Lipinski definition) is 4. The Bertz CT molecular complexity index is 1770. The lowest BCUT2D eigenvalue weighted by Gasteiger charge is -2.19. The van der Waals surface area contributed by atoms with Gasteiger partial charge in [-0.3, -0.25) is 14.4 Å². The van der Waals surface area contributed by atoms with Crippen molar-refractivity contribution in [3.63, 3.8) is 0 Å². The van der Waals surface area contributed by atoms with Crippen molar-refractivity contribution >= 4 is 28.4 Å². The number of aromatic nitrogens is 1. The number of benzene rings is 2. The molecule has 2 amide bonds. The van der Waals surface area contributed by atoms with Crippen LogP contribution in [0.4, 0.5) is 5.69 Å². The van der Waals surface area contributed by atoms with Gasteiger partial charge in [-0.25, -0.2) is 0 Å². The molecule has 0 radical (unpaired) electrons. The Morgan fingerprint density at radius 1 is 1.02 bits per heavy atom. The van der Waals surface area contributed by atoms with Gasteiger partial charge in [0.25, 0.3) is 0 Å². The zero-order valence-corrected chi connectivity index (χ0v) is 25.6. The van der Waals surface area contributed by atoms with Crippen molar-refractivity contribution in [3.05, 3.63) is 81.6 Å². The van der Waals surface area contributed by atoms with Crippen molar-refractivity contribution in [2.75, 3.05) is 33.2 Å². The van der Waals surface area contributed by atoms with Crippen LogP contribution in [0, 0.1) is 0 Å². The third-order valence-corrected chi connectivity index (χ3v) is 8.05. The van der Waals surface area contributed by atoms with Crippen LogP contribution < -0.4 is 35.6 Å². The van der Waals surface area contributed by atoms with Crippen LogP contribution in [-0.2, 0) is 22.4 Å². The molecule has 5 rings (SSSR count). The lowest BCUT2D eigenvalue weighted by atomic mass is 9.95. The summed E-state index contributed by atoms with van der Waals surface area (Å²) in [5.74, 6) is 1.01. The molecule has 0 saturated carbocycles. The summed E-state index contributed by atoms with van der Waals surface area (Å²) in [6.07, 6.45) is 3.79. The maximum absolute atomic E-state index is 13.6. The van der Waals surface area contributed by atoms with Gasteiger partial charge in [0.1, 0.15) is 6.04 Å². The molecule has 0 saturated heterocycles. The first-order valence-electron chi connectivity index (χ1n) is 14.6. The lowest BCUT2D eigenvalue weighted by Crippen LogP contribution is -2.39. The van der Waals surface area contributed by atoms with Gasteiger partial charge in [-0.2, -0.15) is 0 Å². The van der Waals surface area contributed by atoms with Crippen molar-refractivity contribution in [1.29, 1.82) is 0 Å². The smallest absolute Gasteiger partial charge is 0.242 e. The Kier molecular flexibility index (Phi) is 9.08. The van der Waals surface area contributed by atoms with Crippen molar-refractivity contribution in [1.82, 2.24) is 15.6 Å². The highest BCUT2D eigenvalue weighted by Gasteiger charge is 2.29. The molecule has 230 valence electrons. The zero-order valence-electron chi connectivity index (χ0n) is 25.6. The first-order chi connectivity index (χ1) is 21.2. The van der Waals surface area contributed by atoms with E-state index in [4.69, 9.17) is 14.2 Å². The molecule has 0 bridgehead atoms. The number of aromatic amines is 1. The van der Waals surface area contributed by atoms with Crippen molar-refractivity contribution in [2.24, 2.45) is 0 Å². The van der Waals surface area contributed by atoms with Gasteiger partial charge in [-0.1, -0.05) is 24.3 Å². The Morgan fingerprint density at radius 3 is 2.52 bits per heavy atom. The van der Waals surface area contributed by atoms with E-state index in [1.807, 2.05) is 36.5 Å². The number of hydrogen-bond acceptors (Lipinski definition) is 7. The van der Waals surface area contributed by atoms with E-state index >= 15 is 0 Å². The van der Waals surface area contributed by atoms with Gasteiger partial charge >= 0.3 is 0 Å². The van der Waals surface area contributed by atoms with Crippen LogP contribution >= 0.6 is 0 Å². The Hall–Kier alpha value is -4.99. The molecule has 4 N–H and O–H groups in total. The fourth-order valence-corrected chi connectivity index (χ4v) is 5.94. The second-order valence-corrected chi connectivity index (χ2v) is 10.9. The Labute approximate surface area is 256 Å². The predicted octanol–water partition coefficient (Wildman–Crippen LogP) is 4.50. The molecule has 10 nitrogen and oxygen atoms in total. The Morgan fingerprint density at radius 2 is 1.80 bits per heavy atom. The largest absolute Gasteiger partial charge is 0.493 e. The van der Waals surface area contributed by atoms with Crippen LogP contribution in [0.5, 0.6) is 17.2 Å². The Balaban J connectivity index is 1.44. The van der Waals surface area contributed by atoms with Gasteiger partial charge < -0.3 is 35.1 Å². The van der Waals surface area contributed by atoms with Crippen LogP contribution in [0.3, 0.4) is 0 Å². The van der Waals surface area contributed by atoms with Crippen LogP contribution in [-0.4, -0.2) is 50.7 Å². The van der Waals surface area contributed by atoms with E-state index in [1.54, 1.807) is 34.3 Å². The van der Waals surface area contributed by atoms with Gasteiger partial charge in [0.2, 0.25) is 23.0 Å². The number of aryl methyl sites for hydroxylation is 1. The van der Waals surface area contributed by atoms with Gasteiger partial charge in [0, 0.05) is 36.1 Å². The quantitative estimate of drug-likeness (QED) is 0.211. The van der Waals surface area contributed by atoms with Crippen molar-refractivity contribution in [2.45, 2.75) is 45.2 Å². The van der Waals surface area contributed by atoms with E-state index < -0.39 is 12.1 Å². The minimum atomic E-state index is -0.676. The molecule has 1 heterocycles. The third-order valence-electron chi connectivity index (χ3n) is 8.05. The highest BCUT2D eigenvalue weighted by atomic mass is 16.5. The number of methoxy groups -OCH3 is 3. The normalized spacial score (nSPS) is 14.4. The van der Waals surface area contributed by atoms with E-state index in [-0.39, 0.29) is 22.9 Å². The van der Waals surface area contributed by atoms with Gasteiger partial charge in [-0.15, -0.1) is 0 Å². The highest BCUT2D eigenvalue weighted by molar-refractivity contribution is 5.86. The first-order valence-corrected chi connectivity index (χ1v) is 14.6. The molecule has 0 spiro atoms. The summed E-state index contributed by atoms with van der Waals surface area (Å²) in [5.41, 5.74) is 5.21. The molecule has 2 atom stereocenters. The molecule has 0 fully saturated rings. The topological polar surface area (TPSA) is 131 Å². The molecule has 0 aliphatic heterocycles. The molecule has 1 aromatic heterocycles. The van der Waals surface area contributed by atoms with Crippen LogP contribution in [0.15, 0.2) is 59.5 Å². The van der Waals surface area contributed by atoms with Crippen molar-refractivity contribution in [3.8, 4) is 28.4 Å². The third kappa shape index (κ3) is 6.06. The second kappa shape index (κ2) is 13.1. The minimum absolute atomic E-state index is 0.204. The molecule has 10 heteroatoms. The molecular formula is C34H38N4O6. The number of rotatable bonds is 10. The van der Waals surface area contributed by atoms with Crippen LogP contribution in [0.2, 0.25) is 0 Å². The summed E-state index contributed by atoms with van der Waals surface area (Å²) in [4.78, 5) is 42.0.